The highest BCUT2D eigenvalue weighted by Crippen LogP contribution is 2.18. The zero-order valence-corrected chi connectivity index (χ0v) is 10.1. The molecule has 2 nitrogen and oxygen atoms in total. The monoisotopic (exact) mass is 224 g/mol. The van der Waals surface area contributed by atoms with Crippen molar-refractivity contribution < 1.29 is 9.53 Å². The Hall–Kier alpha value is -0.960. The van der Waals surface area contributed by atoms with Gasteiger partial charge in [0.15, 0.2) is 0 Å². The lowest BCUT2D eigenvalue weighted by molar-refractivity contribution is -0.139. The Morgan fingerprint density at radius 2 is 2.00 bits per heavy atom. The molecule has 0 aromatic heterocycles. The molecule has 0 saturated heterocycles. The van der Waals surface area contributed by atoms with E-state index in [1.165, 1.54) is 18.2 Å². The molecule has 1 aromatic carbocycles. The zero-order valence-electron chi connectivity index (χ0n) is 9.32. The molecule has 0 aliphatic rings. The maximum Gasteiger partial charge on any atom is 0.318 e. The Balaban J connectivity index is 2.43. The van der Waals surface area contributed by atoms with Gasteiger partial charge in [-0.05, 0) is 19.4 Å². The molecule has 15 heavy (non-hydrogen) atoms. The molecule has 82 valence electrons. The van der Waals surface area contributed by atoms with Gasteiger partial charge in [0, 0.05) is 5.75 Å². The number of carbonyl (C=O) groups excluding carboxylic acids is 1. The summed E-state index contributed by atoms with van der Waals surface area (Å²) in [6.45, 7) is 3.93. The van der Waals surface area contributed by atoms with Crippen molar-refractivity contribution in [3.63, 3.8) is 0 Å². The minimum Gasteiger partial charge on any atom is -0.468 e. The number of hydrogen-bond donors (Lipinski definition) is 0. The van der Waals surface area contributed by atoms with Crippen LogP contribution in [-0.2, 0) is 15.3 Å². The van der Waals surface area contributed by atoms with Crippen LogP contribution >= 0.6 is 11.8 Å². The van der Waals surface area contributed by atoms with Gasteiger partial charge in [-0.2, -0.15) is 0 Å². The molecular formula is C12H16O2S. The number of aryl methyl sites for hydroxylation is 1. The van der Waals surface area contributed by atoms with Crippen LogP contribution in [-0.4, -0.2) is 18.3 Å². The van der Waals surface area contributed by atoms with Crippen molar-refractivity contribution in [3.05, 3.63) is 35.4 Å². The largest absolute Gasteiger partial charge is 0.468 e. The molecule has 0 fully saturated rings. The summed E-state index contributed by atoms with van der Waals surface area (Å²) in [4.78, 5) is 11.1. The first-order valence-electron chi connectivity index (χ1n) is 4.88. The lowest BCUT2D eigenvalue weighted by Gasteiger charge is -2.08. The van der Waals surface area contributed by atoms with Crippen molar-refractivity contribution in [1.82, 2.24) is 0 Å². The number of methoxy groups -OCH3 is 1. The SMILES string of the molecule is COC(=O)C(C)SCc1ccc(C)cc1. The third-order valence-corrected chi connectivity index (χ3v) is 3.35. The van der Waals surface area contributed by atoms with Gasteiger partial charge in [-0.25, -0.2) is 0 Å². The molecule has 1 unspecified atom stereocenters. The summed E-state index contributed by atoms with van der Waals surface area (Å²) in [7, 11) is 1.42. The minimum absolute atomic E-state index is 0.101. The average Bonchev–Trinajstić information content (AvgIpc) is 2.26. The second-order valence-corrected chi connectivity index (χ2v) is 4.79. The first-order chi connectivity index (χ1) is 7.13. The summed E-state index contributed by atoms with van der Waals surface area (Å²) < 4.78 is 4.66. The van der Waals surface area contributed by atoms with Crippen LogP contribution in [0.5, 0.6) is 0 Å². The fourth-order valence-electron chi connectivity index (χ4n) is 1.14. The molecule has 3 heteroatoms. The van der Waals surface area contributed by atoms with Crippen LogP contribution in [0.15, 0.2) is 24.3 Å². The number of benzene rings is 1. The molecule has 0 heterocycles. The molecule has 1 aromatic rings. The Bertz CT molecular complexity index is 319. The number of carbonyl (C=O) groups is 1. The molecule has 0 radical (unpaired) electrons. The van der Waals surface area contributed by atoms with E-state index in [2.05, 4.69) is 35.9 Å². The van der Waals surface area contributed by atoms with E-state index in [1.807, 2.05) is 6.92 Å². The van der Waals surface area contributed by atoms with Gasteiger partial charge in [-0.3, -0.25) is 4.79 Å². The average molecular weight is 224 g/mol. The maximum absolute atomic E-state index is 11.1. The molecule has 0 aliphatic heterocycles. The standard InChI is InChI=1S/C12H16O2S/c1-9-4-6-11(7-5-9)8-15-10(2)12(13)14-3/h4-7,10H,8H2,1-3H3. The summed E-state index contributed by atoms with van der Waals surface area (Å²) in [5.74, 6) is 0.684. The number of thioether (sulfide) groups is 1. The molecular weight excluding hydrogens is 208 g/mol. The molecule has 0 spiro atoms. The number of ether oxygens (including phenoxy) is 1. The maximum atomic E-state index is 11.1. The lowest BCUT2D eigenvalue weighted by Crippen LogP contribution is -2.14. The summed E-state index contributed by atoms with van der Waals surface area (Å²) >= 11 is 1.59. The van der Waals surface area contributed by atoms with E-state index < -0.39 is 0 Å². The van der Waals surface area contributed by atoms with Gasteiger partial charge < -0.3 is 4.74 Å². The van der Waals surface area contributed by atoms with E-state index in [1.54, 1.807) is 11.8 Å². The van der Waals surface area contributed by atoms with Gasteiger partial charge in [0.2, 0.25) is 0 Å². The predicted molar refractivity (Wildman–Crippen MR) is 64.0 cm³/mol. The van der Waals surface area contributed by atoms with Crippen LogP contribution in [0.2, 0.25) is 0 Å². The highest BCUT2D eigenvalue weighted by molar-refractivity contribution is 7.99. The summed E-state index contributed by atoms with van der Waals surface area (Å²) in [5.41, 5.74) is 2.49. The summed E-state index contributed by atoms with van der Waals surface area (Å²) in [5, 5.41) is -0.101. The highest BCUT2D eigenvalue weighted by atomic mass is 32.2. The fourth-order valence-corrected chi connectivity index (χ4v) is 2.01. The topological polar surface area (TPSA) is 26.3 Å². The van der Waals surface area contributed by atoms with Gasteiger partial charge in [-0.15, -0.1) is 11.8 Å². The second-order valence-electron chi connectivity index (χ2n) is 3.46. The van der Waals surface area contributed by atoms with E-state index in [0.29, 0.717) is 0 Å². The van der Waals surface area contributed by atoms with Gasteiger partial charge >= 0.3 is 5.97 Å². The van der Waals surface area contributed by atoms with Crippen LogP contribution in [0.25, 0.3) is 0 Å². The molecule has 0 amide bonds. The van der Waals surface area contributed by atoms with Gasteiger partial charge in [0.05, 0.1) is 12.4 Å². The van der Waals surface area contributed by atoms with Crippen molar-refractivity contribution in [1.29, 1.82) is 0 Å². The van der Waals surface area contributed by atoms with E-state index in [-0.39, 0.29) is 11.2 Å². The Kier molecular flexibility index (Phi) is 4.69. The van der Waals surface area contributed by atoms with Crippen LogP contribution in [0.4, 0.5) is 0 Å². The quantitative estimate of drug-likeness (QED) is 0.736. The second kappa shape index (κ2) is 5.81. The van der Waals surface area contributed by atoms with Crippen molar-refractivity contribution >= 4 is 17.7 Å². The molecule has 1 atom stereocenters. The fraction of sp³-hybridized carbons (Fsp3) is 0.417. The molecule has 0 N–H and O–H groups in total. The Morgan fingerprint density at radius 3 is 2.53 bits per heavy atom. The first kappa shape index (κ1) is 12.1. The number of rotatable bonds is 4. The van der Waals surface area contributed by atoms with Gasteiger partial charge in [0.1, 0.15) is 0 Å². The van der Waals surface area contributed by atoms with Crippen molar-refractivity contribution in [2.75, 3.05) is 7.11 Å². The van der Waals surface area contributed by atoms with E-state index in [0.717, 1.165) is 5.75 Å². The van der Waals surface area contributed by atoms with Crippen molar-refractivity contribution in [2.45, 2.75) is 24.9 Å². The molecule has 0 aliphatic carbocycles. The third-order valence-electron chi connectivity index (χ3n) is 2.15. The summed E-state index contributed by atoms with van der Waals surface area (Å²) in [6, 6.07) is 8.34. The number of hydrogen-bond acceptors (Lipinski definition) is 3. The predicted octanol–water partition coefficient (Wildman–Crippen LogP) is 2.79. The van der Waals surface area contributed by atoms with Gasteiger partial charge in [0.25, 0.3) is 0 Å². The smallest absolute Gasteiger partial charge is 0.318 e. The Morgan fingerprint density at radius 1 is 1.40 bits per heavy atom. The first-order valence-corrected chi connectivity index (χ1v) is 5.93. The van der Waals surface area contributed by atoms with Crippen LogP contribution < -0.4 is 0 Å². The lowest BCUT2D eigenvalue weighted by atomic mass is 10.2. The van der Waals surface area contributed by atoms with E-state index in [4.69, 9.17) is 0 Å². The number of esters is 1. The molecule has 1 rings (SSSR count). The normalized spacial score (nSPS) is 12.2. The minimum atomic E-state index is -0.160. The third kappa shape index (κ3) is 3.96. The Labute approximate surface area is 95.0 Å². The summed E-state index contributed by atoms with van der Waals surface area (Å²) in [6.07, 6.45) is 0. The molecule has 0 bridgehead atoms. The van der Waals surface area contributed by atoms with E-state index >= 15 is 0 Å². The highest BCUT2D eigenvalue weighted by Gasteiger charge is 2.12. The van der Waals surface area contributed by atoms with E-state index in [9.17, 15) is 4.79 Å². The van der Waals surface area contributed by atoms with Crippen LogP contribution in [0.1, 0.15) is 18.1 Å². The van der Waals surface area contributed by atoms with Crippen LogP contribution in [0.3, 0.4) is 0 Å². The van der Waals surface area contributed by atoms with Crippen molar-refractivity contribution in [3.8, 4) is 0 Å². The van der Waals surface area contributed by atoms with Crippen LogP contribution in [0, 0.1) is 6.92 Å². The molecule has 0 saturated carbocycles. The van der Waals surface area contributed by atoms with Gasteiger partial charge in [-0.1, -0.05) is 29.8 Å². The van der Waals surface area contributed by atoms with Crippen molar-refractivity contribution in [2.24, 2.45) is 0 Å². The zero-order chi connectivity index (χ0) is 11.3.